The van der Waals surface area contributed by atoms with Crippen LogP contribution in [0.2, 0.25) is 5.02 Å². The molecule has 1 aliphatic heterocycles. The van der Waals surface area contributed by atoms with E-state index in [9.17, 15) is 4.79 Å². The van der Waals surface area contributed by atoms with Crippen LogP contribution in [0.25, 0.3) is 0 Å². The molecule has 3 nitrogen and oxygen atoms in total. The van der Waals surface area contributed by atoms with Gasteiger partial charge in [0.25, 0.3) is 5.91 Å². The third kappa shape index (κ3) is 3.32. The zero-order chi connectivity index (χ0) is 14.8. The highest BCUT2D eigenvalue weighted by molar-refractivity contribution is 14.1. The Morgan fingerprint density at radius 3 is 2.95 bits per heavy atom. The normalized spacial score (nSPS) is 13.2. The molecule has 0 aliphatic carbocycles. The smallest absolute Gasteiger partial charge is 0.256 e. The number of carbonyl (C=O) groups is 1. The van der Waals surface area contributed by atoms with E-state index in [1.54, 1.807) is 12.1 Å². The fraction of sp³-hybridized carbons (Fsp3) is 0.188. The van der Waals surface area contributed by atoms with Crippen molar-refractivity contribution < 1.29 is 4.79 Å². The average Bonchev–Trinajstić information content (AvgIpc) is 2.49. The van der Waals surface area contributed by atoms with E-state index in [1.165, 1.54) is 5.56 Å². The van der Waals surface area contributed by atoms with E-state index in [4.69, 9.17) is 11.6 Å². The molecule has 0 aromatic heterocycles. The van der Waals surface area contributed by atoms with Crippen LogP contribution in [0, 0.1) is 3.57 Å². The van der Waals surface area contributed by atoms with Gasteiger partial charge in [0.05, 0.1) is 5.56 Å². The van der Waals surface area contributed by atoms with Crippen LogP contribution in [0.15, 0.2) is 36.4 Å². The first kappa shape index (κ1) is 14.7. The standard InChI is InChI=1S/C16H14ClIN2O/c17-11-3-5-14(18)13(9-11)16(21)20-12-4-6-15-10(8-12)2-1-7-19-15/h3-6,8-9,19H,1-2,7H2,(H,20,21). The lowest BCUT2D eigenvalue weighted by Crippen LogP contribution is -2.15. The molecule has 1 heterocycles. The number of halogens is 2. The molecule has 0 bridgehead atoms. The minimum Gasteiger partial charge on any atom is -0.385 e. The van der Waals surface area contributed by atoms with Gasteiger partial charge in [-0.25, -0.2) is 0 Å². The average molecular weight is 413 g/mol. The predicted molar refractivity (Wildman–Crippen MR) is 95.4 cm³/mol. The number of anilines is 2. The lowest BCUT2D eigenvalue weighted by molar-refractivity contribution is 0.102. The highest BCUT2D eigenvalue weighted by Gasteiger charge is 2.13. The molecule has 2 aromatic rings. The summed E-state index contributed by atoms with van der Waals surface area (Å²) in [6.07, 6.45) is 2.16. The number of amides is 1. The van der Waals surface area contributed by atoms with Gasteiger partial charge in [0.2, 0.25) is 0 Å². The van der Waals surface area contributed by atoms with Crippen molar-refractivity contribution in [3.05, 3.63) is 56.1 Å². The Morgan fingerprint density at radius 2 is 2.10 bits per heavy atom. The third-order valence-corrected chi connectivity index (χ3v) is 4.65. The molecular weight excluding hydrogens is 399 g/mol. The van der Waals surface area contributed by atoms with E-state index in [1.807, 2.05) is 24.3 Å². The molecule has 1 aliphatic rings. The van der Waals surface area contributed by atoms with Crippen molar-refractivity contribution in [2.45, 2.75) is 12.8 Å². The first-order chi connectivity index (χ1) is 10.1. The van der Waals surface area contributed by atoms with Crippen LogP contribution < -0.4 is 10.6 Å². The number of fused-ring (bicyclic) bond motifs is 1. The maximum atomic E-state index is 12.4. The number of hydrogen-bond acceptors (Lipinski definition) is 2. The summed E-state index contributed by atoms with van der Waals surface area (Å²) in [5.41, 5.74) is 3.83. The van der Waals surface area contributed by atoms with Crippen molar-refractivity contribution in [2.75, 3.05) is 17.2 Å². The summed E-state index contributed by atoms with van der Waals surface area (Å²) in [6.45, 7) is 1.01. The third-order valence-electron chi connectivity index (χ3n) is 3.47. The zero-order valence-corrected chi connectivity index (χ0v) is 14.2. The van der Waals surface area contributed by atoms with Gasteiger partial charge in [-0.3, -0.25) is 4.79 Å². The van der Waals surface area contributed by atoms with E-state index >= 15 is 0 Å². The largest absolute Gasteiger partial charge is 0.385 e. The minimum atomic E-state index is -0.134. The van der Waals surface area contributed by atoms with E-state index in [-0.39, 0.29) is 5.91 Å². The number of benzene rings is 2. The highest BCUT2D eigenvalue weighted by Crippen LogP contribution is 2.26. The topological polar surface area (TPSA) is 41.1 Å². The molecule has 21 heavy (non-hydrogen) atoms. The Balaban J connectivity index is 1.83. The summed E-state index contributed by atoms with van der Waals surface area (Å²) in [5.74, 6) is -0.134. The number of hydrogen-bond donors (Lipinski definition) is 2. The molecule has 0 fully saturated rings. The van der Waals surface area contributed by atoms with Gasteiger partial charge in [0.1, 0.15) is 0 Å². The summed E-state index contributed by atoms with van der Waals surface area (Å²) in [7, 11) is 0. The molecule has 2 N–H and O–H groups in total. The van der Waals surface area contributed by atoms with Crippen LogP contribution in [0.1, 0.15) is 22.3 Å². The van der Waals surface area contributed by atoms with Crippen molar-refractivity contribution in [3.63, 3.8) is 0 Å². The first-order valence-electron chi connectivity index (χ1n) is 6.77. The van der Waals surface area contributed by atoms with E-state index in [2.05, 4.69) is 33.2 Å². The van der Waals surface area contributed by atoms with Gasteiger partial charge >= 0.3 is 0 Å². The van der Waals surface area contributed by atoms with E-state index in [0.717, 1.165) is 34.3 Å². The molecule has 0 radical (unpaired) electrons. The van der Waals surface area contributed by atoms with Gasteiger partial charge in [0.15, 0.2) is 0 Å². The first-order valence-corrected chi connectivity index (χ1v) is 8.22. The maximum absolute atomic E-state index is 12.4. The van der Waals surface area contributed by atoms with Gasteiger partial charge in [-0.2, -0.15) is 0 Å². The molecule has 3 rings (SSSR count). The van der Waals surface area contributed by atoms with Crippen LogP contribution in [0.5, 0.6) is 0 Å². The molecule has 2 aromatic carbocycles. The van der Waals surface area contributed by atoms with E-state index < -0.39 is 0 Å². The summed E-state index contributed by atoms with van der Waals surface area (Å²) < 4.78 is 0.883. The second-order valence-electron chi connectivity index (χ2n) is 4.98. The van der Waals surface area contributed by atoms with Crippen molar-refractivity contribution in [1.82, 2.24) is 0 Å². The molecule has 0 atom stereocenters. The number of rotatable bonds is 2. The number of nitrogens with one attached hydrogen (secondary N) is 2. The quantitative estimate of drug-likeness (QED) is 0.710. The van der Waals surface area contributed by atoms with Crippen molar-refractivity contribution in [2.24, 2.45) is 0 Å². The minimum absolute atomic E-state index is 0.134. The van der Waals surface area contributed by atoms with E-state index in [0.29, 0.717) is 10.6 Å². The SMILES string of the molecule is O=C(Nc1ccc2c(c1)CCCN2)c1cc(Cl)ccc1I. The Morgan fingerprint density at radius 1 is 1.24 bits per heavy atom. The van der Waals surface area contributed by atoms with Crippen molar-refractivity contribution in [1.29, 1.82) is 0 Å². The maximum Gasteiger partial charge on any atom is 0.256 e. The second-order valence-corrected chi connectivity index (χ2v) is 6.58. The highest BCUT2D eigenvalue weighted by atomic mass is 127. The lowest BCUT2D eigenvalue weighted by atomic mass is 10.0. The molecule has 1 amide bonds. The zero-order valence-electron chi connectivity index (χ0n) is 11.2. The summed E-state index contributed by atoms with van der Waals surface area (Å²) in [5, 5.41) is 6.87. The molecule has 5 heteroatoms. The molecule has 0 saturated heterocycles. The monoisotopic (exact) mass is 412 g/mol. The Kier molecular flexibility index (Phi) is 4.35. The van der Waals surface area contributed by atoms with Crippen molar-refractivity contribution >= 4 is 51.5 Å². The van der Waals surface area contributed by atoms with Gasteiger partial charge in [-0.05, 0) is 77.4 Å². The molecule has 108 valence electrons. The molecule has 0 saturated carbocycles. The number of aryl methyl sites for hydroxylation is 1. The van der Waals surface area contributed by atoms with Crippen molar-refractivity contribution in [3.8, 4) is 0 Å². The second kappa shape index (κ2) is 6.23. The lowest BCUT2D eigenvalue weighted by Gasteiger charge is -2.19. The van der Waals surface area contributed by atoms with Gasteiger partial charge in [0, 0.05) is 26.5 Å². The molecular formula is C16H14ClIN2O. The molecule has 0 unspecified atom stereocenters. The van der Waals surface area contributed by atoms with Gasteiger partial charge in [-0.15, -0.1) is 0 Å². The fourth-order valence-electron chi connectivity index (χ4n) is 2.42. The van der Waals surface area contributed by atoms with Crippen LogP contribution in [-0.4, -0.2) is 12.5 Å². The summed E-state index contributed by atoms with van der Waals surface area (Å²) in [4.78, 5) is 12.4. The Labute approximate surface area is 142 Å². The van der Waals surface area contributed by atoms with Gasteiger partial charge < -0.3 is 10.6 Å². The van der Waals surface area contributed by atoms with Crippen LogP contribution >= 0.6 is 34.2 Å². The predicted octanol–water partition coefficient (Wildman–Crippen LogP) is 4.56. The van der Waals surface area contributed by atoms with Crippen LogP contribution in [-0.2, 0) is 6.42 Å². The Hall–Kier alpha value is -1.27. The van der Waals surface area contributed by atoms with Crippen LogP contribution in [0.4, 0.5) is 11.4 Å². The summed E-state index contributed by atoms with van der Waals surface area (Å²) >= 11 is 8.11. The Bertz CT molecular complexity index is 703. The number of carbonyl (C=O) groups excluding carboxylic acids is 1. The summed E-state index contributed by atoms with van der Waals surface area (Å²) in [6, 6.07) is 11.3. The fourth-order valence-corrected chi connectivity index (χ4v) is 3.18. The van der Waals surface area contributed by atoms with Crippen LogP contribution in [0.3, 0.4) is 0 Å². The van der Waals surface area contributed by atoms with Gasteiger partial charge in [-0.1, -0.05) is 11.6 Å². The molecule has 0 spiro atoms.